The Morgan fingerprint density at radius 3 is 2.72 bits per heavy atom. The second-order valence-corrected chi connectivity index (χ2v) is 5.92. The monoisotopic (exact) mass is 350 g/mol. The molecule has 0 aromatic carbocycles. The first-order chi connectivity index (χ1) is 12.0. The summed E-state index contributed by atoms with van der Waals surface area (Å²) in [5, 5.41) is 18.4. The van der Waals surface area contributed by atoms with E-state index in [-0.39, 0.29) is 42.1 Å². The molecule has 0 bridgehead atoms. The first-order valence-corrected chi connectivity index (χ1v) is 8.16. The fourth-order valence-corrected chi connectivity index (χ4v) is 2.91. The maximum absolute atomic E-state index is 11.8. The van der Waals surface area contributed by atoms with Gasteiger partial charge in [0.05, 0.1) is 19.2 Å². The molecule has 0 aromatic heterocycles. The minimum Gasteiger partial charge on any atom is -0.486 e. The van der Waals surface area contributed by atoms with Crippen LogP contribution >= 0.6 is 0 Å². The van der Waals surface area contributed by atoms with E-state index in [9.17, 15) is 19.5 Å². The standard InChI is InChI=1S/C16H21BNO7/c1-2-10-5-6-12(14(16(21)22)15(10)25-17-23)24-11-8-18(9-11)13(20)4-3-7-19/h5-7,10-11,15,23H,2-4,8-9H2,1H3,(H,21,22). The molecule has 2 atom stereocenters. The number of allylic oxidation sites excluding steroid dienone is 1. The van der Waals surface area contributed by atoms with Crippen molar-refractivity contribution in [3.05, 3.63) is 23.5 Å². The summed E-state index contributed by atoms with van der Waals surface area (Å²) in [7, 11) is 0.490. The van der Waals surface area contributed by atoms with Crippen molar-refractivity contribution >= 4 is 25.8 Å². The predicted octanol–water partition coefficient (Wildman–Crippen LogP) is 0.0393. The van der Waals surface area contributed by atoms with Crippen LogP contribution in [0, 0.1) is 5.92 Å². The number of amides is 1. The molecule has 1 radical (unpaired) electrons. The van der Waals surface area contributed by atoms with Crippen LogP contribution in [0.3, 0.4) is 0 Å². The average Bonchev–Trinajstić information content (AvgIpc) is 2.55. The largest absolute Gasteiger partial charge is 0.486 e. The summed E-state index contributed by atoms with van der Waals surface area (Å²) in [6.45, 7) is 2.58. The predicted molar refractivity (Wildman–Crippen MR) is 87.2 cm³/mol. The van der Waals surface area contributed by atoms with Crippen molar-refractivity contribution < 1.29 is 33.9 Å². The van der Waals surface area contributed by atoms with Gasteiger partial charge >= 0.3 is 13.7 Å². The number of aliphatic carboxylic acids is 1. The third-order valence-electron chi connectivity index (χ3n) is 4.31. The molecule has 25 heavy (non-hydrogen) atoms. The van der Waals surface area contributed by atoms with Crippen LogP contribution in [0.25, 0.3) is 0 Å². The van der Waals surface area contributed by atoms with Gasteiger partial charge in [-0.25, -0.2) is 4.79 Å². The Hall–Kier alpha value is -2.13. The smallest absolute Gasteiger partial charge is 0.485 e. The third kappa shape index (κ3) is 4.49. The van der Waals surface area contributed by atoms with Crippen LogP contribution in [0.15, 0.2) is 23.5 Å². The Kier molecular flexibility index (Phi) is 6.77. The molecule has 1 saturated heterocycles. The summed E-state index contributed by atoms with van der Waals surface area (Å²) < 4.78 is 10.8. The van der Waals surface area contributed by atoms with E-state index < -0.39 is 12.1 Å². The number of nitrogens with zero attached hydrogens (tertiary/aromatic N) is 1. The number of ether oxygens (including phenoxy) is 1. The van der Waals surface area contributed by atoms with Crippen LogP contribution in [0.2, 0.25) is 0 Å². The first kappa shape index (κ1) is 19.2. The molecule has 1 aliphatic carbocycles. The zero-order valence-electron chi connectivity index (χ0n) is 14.0. The molecule has 1 heterocycles. The lowest BCUT2D eigenvalue weighted by atomic mass is 9.87. The molecular weight excluding hydrogens is 329 g/mol. The fourth-order valence-electron chi connectivity index (χ4n) is 2.91. The van der Waals surface area contributed by atoms with Gasteiger partial charge < -0.3 is 29.2 Å². The van der Waals surface area contributed by atoms with Crippen LogP contribution in [0.4, 0.5) is 0 Å². The summed E-state index contributed by atoms with van der Waals surface area (Å²) in [6.07, 6.45) is 3.94. The molecular formula is C16H21BNO7. The third-order valence-corrected chi connectivity index (χ3v) is 4.31. The van der Waals surface area contributed by atoms with Crippen LogP contribution < -0.4 is 0 Å². The molecule has 0 spiro atoms. The maximum Gasteiger partial charge on any atom is 0.485 e. The quantitative estimate of drug-likeness (QED) is 0.446. The molecule has 0 aromatic rings. The zero-order chi connectivity index (χ0) is 18.4. The lowest BCUT2D eigenvalue weighted by molar-refractivity contribution is -0.143. The van der Waals surface area contributed by atoms with Crippen molar-refractivity contribution in [2.45, 2.75) is 38.4 Å². The van der Waals surface area contributed by atoms with E-state index in [1.54, 1.807) is 17.1 Å². The van der Waals surface area contributed by atoms with Crippen molar-refractivity contribution in [2.75, 3.05) is 13.1 Å². The Morgan fingerprint density at radius 1 is 1.44 bits per heavy atom. The number of carbonyl (C=O) groups excluding carboxylic acids is 2. The summed E-state index contributed by atoms with van der Waals surface area (Å²) in [5.41, 5.74) is -0.0506. The molecule has 9 heteroatoms. The van der Waals surface area contributed by atoms with Gasteiger partial charge in [-0.3, -0.25) is 4.79 Å². The number of aldehydes is 1. The van der Waals surface area contributed by atoms with Gasteiger partial charge in [-0.2, -0.15) is 0 Å². The first-order valence-electron chi connectivity index (χ1n) is 8.16. The Bertz CT molecular complexity index is 583. The number of carbonyl (C=O) groups is 3. The van der Waals surface area contributed by atoms with Gasteiger partial charge in [0, 0.05) is 18.8 Å². The number of hydrogen-bond donors (Lipinski definition) is 2. The number of hydrogen-bond acceptors (Lipinski definition) is 6. The van der Waals surface area contributed by atoms with E-state index in [1.165, 1.54) is 0 Å². The van der Waals surface area contributed by atoms with E-state index in [1.807, 2.05) is 6.92 Å². The van der Waals surface area contributed by atoms with Gasteiger partial charge in [0.1, 0.15) is 23.7 Å². The van der Waals surface area contributed by atoms with Gasteiger partial charge in [0.15, 0.2) is 0 Å². The van der Waals surface area contributed by atoms with E-state index in [0.29, 0.717) is 33.5 Å². The second-order valence-electron chi connectivity index (χ2n) is 5.92. The van der Waals surface area contributed by atoms with E-state index in [2.05, 4.69) is 0 Å². The number of carboxylic acids is 1. The summed E-state index contributed by atoms with van der Waals surface area (Å²) in [5.74, 6) is -1.32. The molecule has 2 unspecified atom stereocenters. The van der Waals surface area contributed by atoms with Crippen molar-refractivity contribution in [2.24, 2.45) is 5.92 Å². The number of rotatable bonds is 9. The van der Waals surface area contributed by atoms with Crippen molar-refractivity contribution in [3.63, 3.8) is 0 Å². The highest BCUT2D eigenvalue weighted by Gasteiger charge is 2.37. The van der Waals surface area contributed by atoms with Crippen LogP contribution in [0.1, 0.15) is 26.2 Å². The lowest BCUT2D eigenvalue weighted by Gasteiger charge is -2.40. The fraction of sp³-hybridized carbons (Fsp3) is 0.562. The number of likely N-dealkylation sites (tertiary alicyclic amines) is 1. The molecule has 135 valence electrons. The van der Waals surface area contributed by atoms with Gasteiger partial charge in [0.25, 0.3) is 0 Å². The zero-order valence-corrected chi connectivity index (χ0v) is 14.0. The normalized spacial score (nSPS) is 23.2. The molecule has 0 saturated carbocycles. The van der Waals surface area contributed by atoms with Gasteiger partial charge in [-0.1, -0.05) is 13.0 Å². The number of carboxylic acid groups (broad SMARTS) is 1. The van der Waals surface area contributed by atoms with Crippen LogP contribution in [-0.2, 0) is 23.8 Å². The minimum atomic E-state index is -1.18. The highest BCUT2D eigenvalue weighted by Crippen LogP contribution is 2.31. The van der Waals surface area contributed by atoms with E-state index in [4.69, 9.17) is 14.4 Å². The van der Waals surface area contributed by atoms with Crippen molar-refractivity contribution in [1.82, 2.24) is 4.90 Å². The highest BCUT2D eigenvalue weighted by molar-refractivity contribution is 6.16. The van der Waals surface area contributed by atoms with Crippen LogP contribution in [-0.4, -0.2) is 66.2 Å². The molecule has 1 amide bonds. The molecule has 8 nitrogen and oxygen atoms in total. The molecule has 2 N–H and O–H groups in total. The molecule has 1 aliphatic heterocycles. The molecule has 1 fully saturated rings. The SMILES string of the molecule is CCC1C=CC(OC2CN(C(=O)CCC=O)C2)=C(C(=O)O)C1O[B]O. The molecule has 2 rings (SSSR count). The van der Waals surface area contributed by atoms with Gasteiger partial charge in [0.2, 0.25) is 5.91 Å². The minimum absolute atomic E-state index is 0.0506. The van der Waals surface area contributed by atoms with E-state index >= 15 is 0 Å². The van der Waals surface area contributed by atoms with E-state index in [0.717, 1.165) is 0 Å². The van der Waals surface area contributed by atoms with Crippen LogP contribution in [0.5, 0.6) is 0 Å². The molecule has 2 aliphatic rings. The Morgan fingerprint density at radius 2 is 2.16 bits per heavy atom. The second kappa shape index (κ2) is 8.82. The Labute approximate surface area is 146 Å². The summed E-state index contributed by atoms with van der Waals surface area (Å²) >= 11 is 0. The van der Waals surface area contributed by atoms with Crippen molar-refractivity contribution in [1.29, 1.82) is 0 Å². The van der Waals surface area contributed by atoms with Crippen molar-refractivity contribution in [3.8, 4) is 0 Å². The van der Waals surface area contributed by atoms with Gasteiger partial charge in [-0.05, 0) is 12.5 Å². The summed E-state index contributed by atoms with van der Waals surface area (Å²) in [6, 6.07) is 0. The average molecular weight is 350 g/mol. The summed E-state index contributed by atoms with van der Waals surface area (Å²) in [4.78, 5) is 35.3. The maximum atomic E-state index is 11.8. The Balaban J connectivity index is 2.03. The topological polar surface area (TPSA) is 113 Å². The van der Waals surface area contributed by atoms with Gasteiger partial charge in [-0.15, -0.1) is 0 Å². The lowest BCUT2D eigenvalue weighted by Crippen LogP contribution is -2.54. The highest BCUT2D eigenvalue weighted by atomic mass is 16.5.